The molecule has 5 heteroatoms. The molecule has 0 radical (unpaired) electrons. The molecule has 0 saturated carbocycles. The van der Waals surface area contributed by atoms with Gasteiger partial charge in [-0.3, -0.25) is 4.98 Å². The van der Waals surface area contributed by atoms with Crippen LogP contribution in [0.25, 0.3) is 0 Å². The van der Waals surface area contributed by atoms with Crippen LogP contribution in [0.3, 0.4) is 0 Å². The Kier molecular flexibility index (Phi) is 3.32. The highest BCUT2D eigenvalue weighted by molar-refractivity contribution is 5.21. The van der Waals surface area contributed by atoms with E-state index < -0.39 is 0 Å². The van der Waals surface area contributed by atoms with Gasteiger partial charge in [-0.05, 0) is 18.6 Å². The lowest BCUT2D eigenvalue weighted by atomic mass is 9.97. The van der Waals surface area contributed by atoms with Crippen molar-refractivity contribution >= 4 is 6.01 Å². The first-order valence-electron chi connectivity index (χ1n) is 5.94. The molecule has 1 N–H and O–H groups in total. The molecule has 0 unspecified atom stereocenters. The van der Waals surface area contributed by atoms with E-state index in [0.29, 0.717) is 18.5 Å². The largest absolute Gasteiger partial charge is 0.408 e. The molecule has 0 aliphatic heterocycles. The molecule has 0 spiro atoms. The average Bonchev–Trinajstić information content (AvgIpc) is 2.77. The quantitative estimate of drug-likeness (QED) is 0.902. The fourth-order valence-corrected chi connectivity index (χ4v) is 1.37. The molecule has 96 valence electrons. The van der Waals surface area contributed by atoms with Crippen molar-refractivity contribution in [3.8, 4) is 0 Å². The Morgan fingerprint density at radius 3 is 2.56 bits per heavy atom. The highest BCUT2D eigenvalue weighted by Crippen LogP contribution is 2.21. The summed E-state index contributed by atoms with van der Waals surface area (Å²) in [5.41, 5.74) is 1.96. The summed E-state index contributed by atoms with van der Waals surface area (Å²) >= 11 is 0. The lowest BCUT2D eigenvalue weighted by molar-refractivity contribution is 0.399. The molecular weight excluding hydrogens is 228 g/mol. The summed E-state index contributed by atoms with van der Waals surface area (Å²) in [6.07, 6.45) is 1.84. The summed E-state index contributed by atoms with van der Waals surface area (Å²) in [6, 6.07) is 4.43. The topological polar surface area (TPSA) is 63.8 Å². The van der Waals surface area contributed by atoms with Crippen LogP contribution in [0.1, 0.15) is 37.9 Å². The minimum atomic E-state index is -0.130. The van der Waals surface area contributed by atoms with Crippen molar-refractivity contribution < 1.29 is 4.42 Å². The number of rotatable bonds is 3. The van der Waals surface area contributed by atoms with Gasteiger partial charge in [0, 0.05) is 11.6 Å². The summed E-state index contributed by atoms with van der Waals surface area (Å²) < 4.78 is 5.53. The number of hydrogen-bond acceptors (Lipinski definition) is 5. The summed E-state index contributed by atoms with van der Waals surface area (Å²) in [7, 11) is 0. The van der Waals surface area contributed by atoms with Gasteiger partial charge in [0.2, 0.25) is 5.89 Å². The first kappa shape index (κ1) is 12.5. The summed E-state index contributed by atoms with van der Waals surface area (Å²) in [5, 5.41) is 11.0. The molecule has 0 fully saturated rings. The molecule has 2 aromatic heterocycles. The average molecular weight is 246 g/mol. The Morgan fingerprint density at radius 1 is 1.22 bits per heavy atom. The highest BCUT2D eigenvalue weighted by atomic mass is 16.4. The third-order valence-electron chi connectivity index (χ3n) is 2.46. The van der Waals surface area contributed by atoms with Gasteiger partial charge in [-0.2, -0.15) is 0 Å². The molecule has 0 aliphatic rings. The van der Waals surface area contributed by atoms with Crippen LogP contribution in [0.5, 0.6) is 0 Å². The van der Waals surface area contributed by atoms with E-state index in [1.807, 2.05) is 46.0 Å². The van der Waals surface area contributed by atoms with Crippen LogP contribution in [0.4, 0.5) is 6.01 Å². The van der Waals surface area contributed by atoms with Gasteiger partial charge in [0.1, 0.15) is 0 Å². The second kappa shape index (κ2) is 4.76. The minimum absolute atomic E-state index is 0.130. The molecule has 18 heavy (non-hydrogen) atoms. The minimum Gasteiger partial charge on any atom is -0.408 e. The van der Waals surface area contributed by atoms with E-state index in [2.05, 4.69) is 20.5 Å². The first-order chi connectivity index (χ1) is 8.45. The third kappa shape index (κ3) is 3.06. The Hall–Kier alpha value is -1.91. The zero-order valence-electron chi connectivity index (χ0n) is 11.2. The zero-order valence-corrected chi connectivity index (χ0v) is 11.2. The third-order valence-corrected chi connectivity index (χ3v) is 2.46. The van der Waals surface area contributed by atoms with Crippen molar-refractivity contribution in [1.82, 2.24) is 15.2 Å². The number of anilines is 1. The Balaban J connectivity index is 1.98. The van der Waals surface area contributed by atoms with Gasteiger partial charge in [-0.15, -0.1) is 5.10 Å². The van der Waals surface area contributed by atoms with Crippen LogP contribution < -0.4 is 5.32 Å². The number of nitrogens with one attached hydrogen (secondary N) is 1. The molecule has 2 heterocycles. The van der Waals surface area contributed by atoms with Crippen molar-refractivity contribution in [3.05, 3.63) is 35.5 Å². The maximum atomic E-state index is 5.53. The number of nitrogens with zero attached hydrogens (tertiary/aromatic N) is 3. The number of hydrogen-bond donors (Lipinski definition) is 1. The zero-order chi connectivity index (χ0) is 13.2. The van der Waals surface area contributed by atoms with Gasteiger partial charge in [0.05, 0.1) is 12.2 Å². The van der Waals surface area contributed by atoms with Gasteiger partial charge in [-0.1, -0.05) is 31.9 Å². The standard InChI is InChI=1S/C13H18N4O/c1-9-5-6-10(14-7-9)8-15-12-17-16-11(18-12)13(2,3)4/h5-7H,8H2,1-4H3,(H,15,17). The van der Waals surface area contributed by atoms with E-state index in [0.717, 1.165) is 11.3 Å². The van der Waals surface area contributed by atoms with Gasteiger partial charge in [0.25, 0.3) is 0 Å². The lowest BCUT2D eigenvalue weighted by Crippen LogP contribution is -2.11. The van der Waals surface area contributed by atoms with Gasteiger partial charge >= 0.3 is 6.01 Å². The summed E-state index contributed by atoms with van der Waals surface area (Å²) in [4.78, 5) is 4.30. The summed E-state index contributed by atoms with van der Waals surface area (Å²) in [5.74, 6) is 0.627. The summed E-state index contributed by atoms with van der Waals surface area (Å²) in [6.45, 7) is 8.69. The molecule has 2 rings (SSSR count). The second-order valence-corrected chi connectivity index (χ2v) is 5.34. The molecule has 0 bridgehead atoms. The Morgan fingerprint density at radius 2 is 2.00 bits per heavy atom. The lowest BCUT2D eigenvalue weighted by Gasteiger charge is -2.10. The van der Waals surface area contributed by atoms with E-state index in [-0.39, 0.29) is 5.41 Å². The van der Waals surface area contributed by atoms with Crippen molar-refractivity contribution in [2.75, 3.05) is 5.32 Å². The fraction of sp³-hybridized carbons (Fsp3) is 0.462. The Bertz CT molecular complexity index is 511. The second-order valence-electron chi connectivity index (χ2n) is 5.34. The molecular formula is C13H18N4O. The molecule has 2 aromatic rings. The maximum absolute atomic E-state index is 5.53. The van der Waals surface area contributed by atoms with Crippen LogP contribution in [0, 0.1) is 6.92 Å². The van der Waals surface area contributed by atoms with Crippen molar-refractivity contribution in [2.45, 2.75) is 39.7 Å². The van der Waals surface area contributed by atoms with Crippen molar-refractivity contribution in [1.29, 1.82) is 0 Å². The van der Waals surface area contributed by atoms with Crippen LogP contribution in [0.2, 0.25) is 0 Å². The molecule has 0 amide bonds. The van der Waals surface area contributed by atoms with Crippen molar-refractivity contribution in [3.63, 3.8) is 0 Å². The number of aromatic nitrogens is 3. The predicted octanol–water partition coefficient (Wildman–Crippen LogP) is 2.68. The van der Waals surface area contributed by atoms with Crippen LogP contribution >= 0.6 is 0 Å². The van der Waals surface area contributed by atoms with Gasteiger partial charge < -0.3 is 9.73 Å². The molecule has 0 aromatic carbocycles. The molecule has 0 saturated heterocycles. The van der Waals surface area contributed by atoms with Crippen LogP contribution in [-0.2, 0) is 12.0 Å². The van der Waals surface area contributed by atoms with Crippen LogP contribution in [-0.4, -0.2) is 15.2 Å². The van der Waals surface area contributed by atoms with Gasteiger partial charge in [-0.25, -0.2) is 0 Å². The van der Waals surface area contributed by atoms with Crippen molar-refractivity contribution in [2.24, 2.45) is 0 Å². The predicted molar refractivity (Wildman–Crippen MR) is 69.3 cm³/mol. The van der Waals surface area contributed by atoms with E-state index in [9.17, 15) is 0 Å². The maximum Gasteiger partial charge on any atom is 0.315 e. The van der Waals surface area contributed by atoms with E-state index in [4.69, 9.17) is 4.42 Å². The van der Waals surface area contributed by atoms with Crippen LogP contribution in [0.15, 0.2) is 22.7 Å². The molecule has 0 aliphatic carbocycles. The SMILES string of the molecule is Cc1ccc(CNc2nnc(C(C)(C)C)o2)nc1. The molecule has 0 atom stereocenters. The first-order valence-corrected chi connectivity index (χ1v) is 5.94. The van der Waals surface area contributed by atoms with Gasteiger partial charge in [0.15, 0.2) is 0 Å². The van der Waals surface area contributed by atoms with E-state index in [1.165, 1.54) is 0 Å². The smallest absolute Gasteiger partial charge is 0.315 e. The normalized spacial score (nSPS) is 11.6. The fourth-order valence-electron chi connectivity index (χ4n) is 1.37. The monoisotopic (exact) mass is 246 g/mol. The highest BCUT2D eigenvalue weighted by Gasteiger charge is 2.21. The number of pyridine rings is 1. The van der Waals surface area contributed by atoms with E-state index >= 15 is 0 Å². The molecule has 5 nitrogen and oxygen atoms in total. The van der Waals surface area contributed by atoms with E-state index in [1.54, 1.807) is 0 Å². The number of aryl methyl sites for hydroxylation is 1. The Labute approximate surface area is 107 Å².